The van der Waals surface area contributed by atoms with E-state index in [1.807, 2.05) is 11.3 Å². The zero-order valence-electron chi connectivity index (χ0n) is 9.91. The molecule has 2 fully saturated rings. The topological polar surface area (TPSA) is 15.3 Å². The Morgan fingerprint density at radius 3 is 2.94 bits per heavy atom. The maximum atomic E-state index is 3.69. The van der Waals surface area contributed by atoms with Gasteiger partial charge in [-0.1, -0.05) is 0 Å². The van der Waals surface area contributed by atoms with Crippen LogP contribution in [-0.2, 0) is 6.54 Å². The van der Waals surface area contributed by atoms with E-state index < -0.39 is 0 Å². The number of hydrogen-bond donors (Lipinski definition) is 1. The fourth-order valence-electron chi connectivity index (χ4n) is 2.55. The minimum atomic E-state index is 0.725. The predicted molar refractivity (Wildman–Crippen MR) is 68.9 cm³/mol. The van der Waals surface area contributed by atoms with E-state index in [4.69, 9.17) is 0 Å². The fourth-order valence-corrected chi connectivity index (χ4v) is 3.39. The lowest BCUT2D eigenvalue weighted by Gasteiger charge is -2.15. The lowest BCUT2D eigenvalue weighted by molar-refractivity contribution is 0.317. The highest BCUT2D eigenvalue weighted by molar-refractivity contribution is 7.11. The number of aryl methyl sites for hydroxylation is 1. The average Bonchev–Trinajstić information content (AvgIpc) is 2.87. The van der Waals surface area contributed by atoms with E-state index in [9.17, 15) is 0 Å². The lowest BCUT2D eigenvalue weighted by atomic mass is 10.2. The molecule has 0 bridgehead atoms. The summed E-state index contributed by atoms with van der Waals surface area (Å²) in [6, 6.07) is 6.13. The summed E-state index contributed by atoms with van der Waals surface area (Å²) in [6.07, 6.45) is 4.22. The second-order valence-corrected chi connectivity index (χ2v) is 6.48. The van der Waals surface area contributed by atoms with Gasteiger partial charge in [0.1, 0.15) is 0 Å². The largest absolute Gasteiger partial charge is 0.308 e. The maximum Gasteiger partial charge on any atom is 0.0302 e. The van der Waals surface area contributed by atoms with Crippen molar-refractivity contribution in [2.45, 2.75) is 44.8 Å². The molecular weight excluding hydrogens is 216 g/mol. The van der Waals surface area contributed by atoms with Gasteiger partial charge in [-0.15, -0.1) is 11.3 Å². The van der Waals surface area contributed by atoms with Crippen LogP contribution in [0.3, 0.4) is 0 Å². The molecule has 1 aliphatic carbocycles. The molecule has 88 valence electrons. The number of nitrogens with one attached hydrogen (secondary N) is 1. The van der Waals surface area contributed by atoms with Crippen LogP contribution in [-0.4, -0.2) is 30.1 Å². The molecule has 3 heteroatoms. The molecule has 0 spiro atoms. The summed E-state index contributed by atoms with van der Waals surface area (Å²) in [7, 11) is 0. The molecule has 1 aromatic heterocycles. The summed E-state index contributed by atoms with van der Waals surface area (Å²) in [4.78, 5) is 5.56. The standard InChI is InChI=1S/C13H20N2S/c1-10-2-5-13(16-10)8-14-11-6-7-15(9-11)12-3-4-12/h2,5,11-12,14H,3-4,6-9H2,1H3. The minimum Gasteiger partial charge on any atom is -0.308 e. The Kier molecular flexibility index (Phi) is 3.01. The van der Waals surface area contributed by atoms with Crippen LogP contribution in [0.25, 0.3) is 0 Å². The van der Waals surface area contributed by atoms with E-state index in [1.54, 1.807) is 0 Å². The van der Waals surface area contributed by atoms with Gasteiger partial charge in [-0.2, -0.15) is 0 Å². The van der Waals surface area contributed by atoms with Gasteiger partial charge in [-0.3, -0.25) is 4.90 Å². The first kappa shape index (κ1) is 10.8. The van der Waals surface area contributed by atoms with E-state index in [0.717, 1.165) is 18.6 Å². The van der Waals surface area contributed by atoms with Gasteiger partial charge in [-0.25, -0.2) is 0 Å². The van der Waals surface area contributed by atoms with Gasteiger partial charge in [0, 0.05) is 41.5 Å². The summed E-state index contributed by atoms with van der Waals surface area (Å²) in [6.45, 7) is 5.82. The van der Waals surface area contributed by atoms with Gasteiger partial charge in [0.05, 0.1) is 0 Å². The van der Waals surface area contributed by atoms with E-state index in [1.165, 1.54) is 42.1 Å². The molecule has 2 aliphatic rings. The van der Waals surface area contributed by atoms with Gasteiger partial charge in [-0.05, 0) is 38.3 Å². The first-order valence-electron chi connectivity index (χ1n) is 6.34. The average molecular weight is 236 g/mol. The molecule has 0 aromatic carbocycles. The summed E-state index contributed by atoms with van der Waals surface area (Å²) >= 11 is 1.91. The van der Waals surface area contributed by atoms with Crippen molar-refractivity contribution in [3.05, 3.63) is 21.9 Å². The zero-order valence-corrected chi connectivity index (χ0v) is 10.7. The minimum absolute atomic E-state index is 0.725. The van der Waals surface area contributed by atoms with E-state index in [-0.39, 0.29) is 0 Å². The van der Waals surface area contributed by atoms with Crippen LogP contribution in [0.1, 0.15) is 29.0 Å². The molecule has 1 unspecified atom stereocenters. The summed E-state index contributed by atoms with van der Waals surface area (Å²) < 4.78 is 0. The Hall–Kier alpha value is -0.380. The van der Waals surface area contributed by atoms with Crippen LogP contribution in [0, 0.1) is 6.92 Å². The lowest BCUT2D eigenvalue weighted by Crippen LogP contribution is -2.32. The second kappa shape index (κ2) is 4.47. The Bertz CT molecular complexity index is 357. The third-order valence-electron chi connectivity index (χ3n) is 3.64. The molecule has 1 saturated carbocycles. The maximum absolute atomic E-state index is 3.69. The molecule has 1 aliphatic heterocycles. The molecule has 2 heterocycles. The van der Waals surface area contributed by atoms with Crippen LogP contribution in [0.15, 0.2) is 12.1 Å². The van der Waals surface area contributed by atoms with E-state index >= 15 is 0 Å². The number of rotatable bonds is 4. The molecule has 16 heavy (non-hydrogen) atoms. The first-order chi connectivity index (χ1) is 7.81. The monoisotopic (exact) mass is 236 g/mol. The Morgan fingerprint density at radius 2 is 2.25 bits per heavy atom. The molecule has 0 radical (unpaired) electrons. The Labute approximate surface area is 102 Å². The highest BCUT2D eigenvalue weighted by Gasteiger charge is 2.33. The van der Waals surface area contributed by atoms with E-state index in [0.29, 0.717) is 0 Å². The predicted octanol–water partition coefficient (Wildman–Crippen LogP) is 2.38. The van der Waals surface area contributed by atoms with Crippen molar-refractivity contribution >= 4 is 11.3 Å². The van der Waals surface area contributed by atoms with Crippen molar-refractivity contribution in [2.24, 2.45) is 0 Å². The normalized spacial score (nSPS) is 26.4. The molecule has 1 saturated heterocycles. The molecule has 1 atom stereocenters. The quantitative estimate of drug-likeness (QED) is 0.863. The van der Waals surface area contributed by atoms with Crippen molar-refractivity contribution in [1.82, 2.24) is 10.2 Å². The van der Waals surface area contributed by atoms with E-state index in [2.05, 4.69) is 29.3 Å². The third kappa shape index (κ3) is 2.47. The highest BCUT2D eigenvalue weighted by atomic mass is 32.1. The van der Waals surface area contributed by atoms with Crippen molar-refractivity contribution < 1.29 is 0 Å². The second-order valence-electron chi connectivity index (χ2n) is 5.10. The Balaban J connectivity index is 1.45. The van der Waals surface area contributed by atoms with Crippen LogP contribution in [0.4, 0.5) is 0 Å². The van der Waals surface area contributed by atoms with Crippen LogP contribution in [0.2, 0.25) is 0 Å². The molecule has 1 aromatic rings. The van der Waals surface area contributed by atoms with Crippen molar-refractivity contribution in [3.8, 4) is 0 Å². The van der Waals surface area contributed by atoms with Gasteiger partial charge in [0.15, 0.2) is 0 Å². The molecular formula is C13H20N2S. The third-order valence-corrected chi connectivity index (χ3v) is 4.64. The van der Waals surface area contributed by atoms with Crippen LogP contribution >= 0.6 is 11.3 Å². The van der Waals surface area contributed by atoms with Gasteiger partial charge in [0.25, 0.3) is 0 Å². The van der Waals surface area contributed by atoms with Gasteiger partial charge >= 0.3 is 0 Å². The van der Waals surface area contributed by atoms with Crippen molar-refractivity contribution in [2.75, 3.05) is 13.1 Å². The smallest absolute Gasteiger partial charge is 0.0302 e. The summed E-state index contributed by atoms with van der Waals surface area (Å²) in [5.74, 6) is 0. The van der Waals surface area contributed by atoms with Crippen molar-refractivity contribution in [1.29, 1.82) is 0 Å². The van der Waals surface area contributed by atoms with Crippen LogP contribution < -0.4 is 5.32 Å². The van der Waals surface area contributed by atoms with Gasteiger partial charge in [0.2, 0.25) is 0 Å². The molecule has 1 N–H and O–H groups in total. The SMILES string of the molecule is Cc1ccc(CNC2CCN(C3CC3)C2)s1. The molecule has 0 amide bonds. The molecule has 3 rings (SSSR count). The summed E-state index contributed by atoms with van der Waals surface area (Å²) in [5, 5.41) is 3.69. The van der Waals surface area contributed by atoms with Crippen LogP contribution in [0.5, 0.6) is 0 Å². The number of hydrogen-bond acceptors (Lipinski definition) is 3. The first-order valence-corrected chi connectivity index (χ1v) is 7.15. The molecule has 2 nitrogen and oxygen atoms in total. The van der Waals surface area contributed by atoms with Crippen molar-refractivity contribution in [3.63, 3.8) is 0 Å². The summed E-state index contributed by atoms with van der Waals surface area (Å²) in [5.41, 5.74) is 0. The zero-order chi connectivity index (χ0) is 11.0. The highest BCUT2D eigenvalue weighted by Crippen LogP contribution is 2.29. The number of thiophene rings is 1. The fraction of sp³-hybridized carbons (Fsp3) is 0.692. The van der Waals surface area contributed by atoms with Gasteiger partial charge < -0.3 is 5.32 Å². The Morgan fingerprint density at radius 1 is 1.38 bits per heavy atom. The number of nitrogens with zero attached hydrogens (tertiary/aromatic N) is 1. The number of likely N-dealkylation sites (tertiary alicyclic amines) is 1.